The molecule has 0 N–H and O–H groups in total. The highest BCUT2D eigenvalue weighted by molar-refractivity contribution is 9.10. The van der Waals surface area contributed by atoms with Gasteiger partial charge in [-0.3, -0.25) is 0 Å². The van der Waals surface area contributed by atoms with E-state index in [4.69, 9.17) is 9.26 Å². The summed E-state index contributed by atoms with van der Waals surface area (Å²) in [6, 6.07) is 5.97. The minimum absolute atomic E-state index is 0.755. The molecule has 0 aliphatic carbocycles. The van der Waals surface area contributed by atoms with Crippen molar-refractivity contribution in [2.45, 2.75) is 13.8 Å². The first kappa shape index (κ1) is 13.4. The Morgan fingerprint density at radius 1 is 1.22 bits per heavy atom. The fraction of sp³-hybridized carbons (Fsp3) is 0.462. The van der Waals surface area contributed by atoms with Crippen LogP contribution in [0.2, 0.25) is 0 Å². The largest absolute Gasteiger partial charge is 0.378 e. The zero-order valence-electron chi connectivity index (χ0n) is 10.6. The third kappa shape index (κ3) is 2.67. The predicted molar refractivity (Wildman–Crippen MR) is 76.1 cm³/mol. The van der Waals surface area contributed by atoms with E-state index < -0.39 is 0 Å². The van der Waals surface area contributed by atoms with E-state index in [1.807, 2.05) is 32.0 Å². The second-order valence-corrected chi connectivity index (χ2v) is 4.66. The Kier molecular flexibility index (Phi) is 4.60. The quantitative estimate of drug-likeness (QED) is 0.808. The van der Waals surface area contributed by atoms with Crippen LogP contribution in [0, 0.1) is 0 Å². The standard InChI is InChI=1S/C11H11BrN2O2.C2H6/c12-8-1-2-9-10(7-8)16-13-11(9)14-3-5-15-6-4-14;1-2/h1-2,7H,3-6H2;1-2H3. The number of rotatable bonds is 1. The number of nitrogens with zero attached hydrogens (tertiary/aromatic N) is 2. The highest BCUT2D eigenvalue weighted by Crippen LogP contribution is 2.28. The molecule has 1 aromatic heterocycles. The summed E-state index contributed by atoms with van der Waals surface area (Å²) >= 11 is 3.42. The molecule has 2 heterocycles. The van der Waals surface area contributed by atoms with E-state index in [0.29, 0.717) is 0 Å². The first-order valence-electron chi connectivity index (χ1n) is 6.22. The summed E-state index contributed by atoms with van der Waals surface area (Å²) in [7, 11) is 0. The number of hydrogen-bond acceptors (Lipinski definition) is 4. The van der Waals surface area contributed by atoms with Crippen molar-refractivity contribution in [1.82, 2.24) is 5.16 Å². The number of ether oxygens (including phenoxy) is 1. The Labute approximate surface area is 115 Å². The summed E-state index contributed by atoms with van der Waals surface area (Å²) in [6.45, 7) is 7.26. The first-order valence-corrected chi connectivity index (χ1v) is 7.01. The molecule has 0 bridgehead atoms. The second-order valence-electron chi connectivity index (χ2n) is 3.75. The molecule has 3 rings (SSSR count). The fourth-order valence-electron chi connectivity index (χ4n) is 1.90. The predicted octanol–water partition coefficient (Wildman–Crippen LogP) is 3.45. The Hall–Kier alpha value is -1.07. The number of morpholine rings is 1. The van der Waals surface area contributed by atoms with Crippen LogP contribution >= 0.6 is 15.9 Å². The number of hydrogen-bond donors (Lipinski definition) is 0. The van der Waals surface area contributed by atoms with Crippen LogP contribution in [0.25, 0.3) is 11.0 Å². The topological polar surface area (TPSA) is 38.5 Å². The van der Waals surface area contributed by atoms with Gasteiger partial charge in [0.1, 0.15) is 0 Å². The third-order valence-corrected chi connectivity index (χ3v) is 3.22. The van der Waals surface area contributed by atoms with E-state index in [1.54, 1.807) is 0 Å². The molecule has 0 atom stereocenters. The number of benzene rings is 1. The van der Waals surface area contributed by atoms with Crippen LogP contribution in [0.5, 0.6) is 0 Å². The van der Waals surface area contributed by atoms with Gasteiger partial charge in [-0.05, 0) is 18.2 Å². The molecule has 0 radical (unpaired) electrons. The Morgan fingerprint density at radius 2 is 1.94 bits per heavy atom. The van der Waals surface area contributed by atoms with Crippen LogP contribution in [0.1, 0.15) is 13.8 Å². The Balaban J connectivity index is 0.000000574. The minimum Gasteiger partial charge on any atom is -0.378 e. The monoisotopic (exact) mass is 312 g/mol. The number of aromatic nitrogens is 1. The summed E-state index contributed by atoms with van der Waals surface area (Å²) in [4.78, 5) is 2.20. The lowest BCUT2D eigenvalue weighted by Crippen LogP contribution is -2.36. The number of halogens is 1. The molecule has 1 aromatic carbocycles. The maximum atomic E-state index is 5.32. The normalized spacial score (nSPS) is 15.4. The molecule has 0 amide bonds. The van der Waals surface area contributed by atoms with Crippen molar-refractivity contribution in [3.8, 4) is 0 Å². The van der Waals surface area contributed by atoms with Crippen LogP contribution in [0.4, 0.5) is 5.82 Å². The van der Waals surface area contributed by atoms with Gasteiger partial charge in [0.25, 0.3) is 0 Å². The van der Waals surface area contributed by atoms with Gasteiger partial charge in [0.05, 0.1) is 18.6 Å². The summed E-state index contributed by atoms with van der Waals surface area (Å²) in [5.74, 6) is 0.922. The van der Waals surface area contributed by atoms with Crippen molar-refractivity contribution in [3.05, 3.63) is 22.7 Å². The highest BCUT2D eigenvalue weighted by atomic mass is 79.9. The average molecular weight is 313 g/mol. The van der Waals surface area contributed by atoms with Gasteiger partial charge >= 0.3 is 0 Å². The van der Waals surface area contributed by atoms with Gasteiger partial charge < -0.3 is 14.2 Å². The lowest BCUT2D eigenvalue weighted by Gasteiger charge is -2.26. The molecule has 0 spiro atoms. The van der Waals surface area contributed by atoms with Gasteiger partial charge in [-0.1, -0.05) is 34.9 Å². The lowest BCUT2D eigenvalue weighted by atomic mass is 10.2. The summed E-state index contributed by atoms with van der Waals surface area (Å²) < 4.78 is 11.6. The molecule has 18 heavy (non-hydrogen) atoms. The molecular formula is C13H17BrN2O2. The van der Waals surface area contributed by atoms with Crippen LogP contribution < -0.4 is 4.90 Å². The second kappa shape index (κ2) is 6.20. The van der Waals surface area contributed by atoms with Crippen LogP contribution in [0.15, 0.2) is 27.2 Å². The van der Waals surface area contributed by atoms with Crippen LogP contribution in [-0.2, 0) is 4.74 Å². The highest BCUT2D eigenvalue weighted by Gasteiger charge is 2.17. The van der Waals surface area contributed by atoms with Gasteiger partial charge in [-0.2, -0.15) is 0 Å². The fourth-order valence-corrected chi connectivity index (χ4v) is 2.24. The molecule has 0 unspecified atom stereocenters. The summed E-state index contributed by atoms with van der Waals surface area (Å²) in [5, 5.41) is 5.19. The lowest BCUT2D eigenvalue weighted by molar-refractivity contribution is 0.122. The maximum Gasteiger partial charge on any atom is 0.180 e. The van der Waals surface area contributed by atoms with E-state index in [2.05, 4.69) is 26.0 Å². The number of fused-ring (bicyclic) bond motifs is 1. The van der Waals surface area contributed by atoms with Crippen molar-refractivity contribution in [3.63, 3.8) is 0 Å². The van der Waals surface area contributed by atoms with Crippen molar-refractivity contribution in [2.75, 3.05) is 31.2 Å². The molecule has 98 valence electrons. The smallest absolute Gasteiger partial charge is 0.180 e. The third-order valence-electron chi connectivity index (χ3n) is 2.73. The van der Waals surface area contributed by atoms with Crippen molar-refractivity contribution < 1.29 is 9.26 Å². The molecule has 1 aliphatic heterocycles. The van der Waals surface area contributed by atoms with E-state index in [0.717, 1.165) is 47.6 Å². The molecular weight excluding hydrogens is 296 g/mol. The molecule has 0 saturated carbocycles. The van der Waals surface area contributed by atoms with Crippen LogP contribution in [0.3, 0.4) is 0 Å². The Morgan fingerprint density at radius 3 is 2.67 bits per heavy atom. The van der Waals surface area contributed by atoms with Crippen molar-refractivity contribution in [2.24, 2.45) is 0 Å². The van der Waals surface area contributed by atoms with Crippen LogP contribution in [-0.4, -0.2) is 31.5 Å². The van der Waals surface area contributed by atoms with Crippen molar-refractivity contribution >= 4 is 32.7 Å². The van der Waals surface area contributed by atoms with E-state index in [-0.39, 0.29) is 0 Å². The molecule has 1 fully saturated rings. The summed E-state index contributed by atoms with van der Waals surface area (Å²) in [6.07, 6.45) is 0. The zero-order valence-corrected chi connectivity index (χ0v) is 12.2. The maximum absolute atomic E-state index is 5.32. The minimum atomic E-state index is 0.755. The molecule has 4 nitrogen and oxygen atoms in total. The van der Waals surface area contributed by atoms with Gasteiger partial charge in [0.2, 0.25) is 0 Å². The summed E-state index contributed by atoms with van der Waals surface area (Å²) in [5.41, 5.74) is 0.816. The van der Waals surface area contributed by atoms with E-state index in [1.165, 1.54) is 0 Å². The number of anilines is 1. The van der Waals surface area contributed by atoms with Gasteiger partial charge in [0, 0.05) is 17.6 Å². The Bertz CT molecular complexity index is 507. The first-order chi connectivity index (χ1) is 8.84. The van der Waals surface area contributed by atoms with Gasteiger partial charge in [-0.25, -0.2) is 0 Å². The van der Waals surface area contributed by atoms with Crippen molar-refractivity contribution in [1.29, 1.82) is 0 Å². The van der Waals surface area contributed by atoms with Gasteiger partial charge in [0.15, 0.2) is 11.4 Å². The zero-order chi connectivity index (χ0) is 13.0. The molecule has 1 saturated heterocycles. The molecule has 2 aromatic rings. The molecule has 5 heteroatoms. The van der Waals surface area contributed by atoms with E-state index >= 15 is 0 Å². The molecule has 1 aliphatic rings. The SMILES string of the molecule is Brc1ccc2c(N3CCOCC3)noc2c1.CC. The van der Waals surface area contributed by atoms with E-state index in [9.17, 15) is 0 Å². The average Bonchev–Trinajstić information content (AvgIpc) is 2.85. The van der Waals surface area contributed by atoms with Gasteiger partial charge in [-0.15, -0.1) is 0 Å².